The number of hydrogen-bond donors (Lipinski definition) is 2. The molecule has 0 fully saturated rings. The average Bonchev–Trinajstić information content (AvgIpc) is 2.09. The average molecular weight is 250 g/mol. The quantitative estimate of drug-likeness (QED) is 0.828. The molecule has 15 heavy (non-hydrogen) atoms. The van der Waals surface area contributed by atoms with E-state index in [1.165, 1.54) is 6.92 Å². The Morgan fingerprint density at radius 2 is 1.80 bits per heavy atom. The van der Waals surface area contributed by atoms with E-state index in [4.69, 9.17) is 28.3 Å². The predicted octanol–water partition coefficient (Wildman–Crippen LogP) is 1.44. The van der Waals surface area contributed by atoms with Gasteiger partial charge in [0.15, 0.2) is 21.8 Å². The van der Waals surface area contributed by atoms with Gasteiger partial charge >= 0.3 is 5.97 Å². The molecule has 6 nitrogen and oxygen atoms in total. The van der Waals surface area contributed by atoms with E-state index < -0.39 is 17.6 Å². The molecule has 1 heterocycles. The van der Waals surface area contributed by atoms with Crippen molar-refractivity contribution in [3.63, 3.8) is 0 Å². The summed E-state index contributed by atoms with van der Waals surface area (Å²) in [4.78, 5) is 28.5. The highest BCUT2D eigenvalue weighted by Crippen LogP contribution is 2.21. The normalized spacial score (nSPS) is 9.80. The Labute approximate surface area is 94.2 Å². The Morgan fingerprint density at radius 3 is 2.27 bits per heavy atom. The minimum absolute atomic E-state index is 0.176. The lowest BCUT2D eigenvalue weighted by molar-refractivity contribution is -0.114. The van der Waals surface area contributed by atoms with Gasteiger partial charge in [0.1, 0.15) is 0 Å². The van der Waals surface area contributed by atoms with Gasteiger partial charge in [-0.15, -0.1) is 0 Å². The van der Waals surface area contributed by atoms with Crippen molar-refractivity contribution >= 4 is 40.9 Å². The van der Waals surface area contributed by atoms with Gasteiger partial charge in [-0.2, -0.15) is 0 Å². The summed E-state index contributed by atoms with van der Waals surface area (Å²) < 4.78 is 0. The number of aromatic nitrogens is 2. The predicted molar refractivity (Wildman–Crippen MR) is 53.3 cm³/mol. The lowest BCUT2D eigenvalue weighted by Crippen LogP contribution is -2.14. The van der Waals surface area contributed by atoms with E-state index in [1.807, 2.05) is 0 Å². The summed E-state index contributed by atoms with van der Waals surface area (Å²) in [6.45, 7) is 1.20. The first kappa shape index (κ1) is 11.7. The van der Waals surface area contributed by atoms with E-state index in [2.05, 4.69) is 15.3 Å². The fourth-order valence-electron chi connectivity index (χ4n) is 0.797. The molecule has 8 heteroatoms. The highest BCUT2D eigenvalue weighted by molar-refractivity contribution is 6.40. The third kappa shape index (κ3) is 2.77. The van der Waals surface area contributed by atoms with Crippen molar-refractivity contribution in [2.45, 2.75) is 6.92 Å². The molecule has 1 aromatic rings. The zero-order chi connectivity index (χ0) is 11.6. The van der Waals surface area contributed by atoms with Crippen LogP contribution in [0.1, 0.15) is 17.4 Å². The molecule has 2 N–H and O–H groups in total. The van der Waals surface area contributed by atoms with Gasteiger partial charge in [-0.05, 0) is 0 Å². The number of carboxylic acids is 1. The molecular weight excluding hydrogens is 245 g/mol. The molecule has 80 valence electrons. The third-order valence-corrected chi connectivity index (χ3v) is 1.94. The maximum absolute atomic E-state index is 10.7. The molecule has 0 aromatic carbocycles. The third-order valence-electron chi connectivity index (χ3n) is 1.31. The van der Waals surface area contributed by atoms with Crippen LogP contribution in [0.15, 0.2) is 0 Å². The molecule has 1 amide bonds. The molecule has 0 atom stereocenters. The number of nitrogens with zero attached hydrogens (tertiary/aromatic N) is 2. The zero-order valence-electron chi connectivity index (χ0n) is 7.41. The zero-order valence-corrected chi connectivity index (χ0v) is 8.93. The molecule has 0 unspecified atom stereocenters. The van der Waals surface area contributed by atoms with Crippen LogP contribution in [0.25, 0.3) is 0 Å². The van der Waals surface area contributed by atoms with Gasteiger partial charge < -0.3 is 10.4 Å². The molecule has 0 saturated heterocycles. The first-order chi connectivity index (χ1) is 6.91. The summed E-state index contributed by atoms with van der Waals surface area (Å²) in [5.74, 6) is -2.07. The number of amides is 1. The second-order valence-corrected chi connectivity index (χ2v) is 3.20. The van der Waals surface area contributed by atoms with Crippen LogP contribution in [-0.4, -0.2) is 27.0 Å². The van der Waals surface area contributed by atoms with Crippen LogP contribution < -0.4 is 5.32 Å². The smallest absolute Gasteiger partial charge is 0.358 e. The number of hydrogen-bond acceptors (Lipinski definition) is 4. The van der Waals surface area contributed by atoms with Crippen molar-refractivity contribution in [2.75, 3.05) is 5.32 Å². The number of nitrogens with one attached hydrogen (secondary N) is 1. The molecule has 0 aliphatic heterocycles. The Hall–Kier alpha value is -1.40. The molecule has 0 aliphatic rings. The van der Waals surface area contributed by atoms with E-state index in [0.717, 1.165) is 0 Å². The minimum Gasteiger partial charge on any atom is -0.476 e. The lowest BCUT2D eigenvalue weighted by atomic mass is 10.4. The number of halogens is 2. The van der Waals surface area contributed by atoms with Gasteiger partial charge in [0, 0.05) is 6.92 Å². The van der Waals surface area contributed by atoms with Gasteiger partial charge in [0.2, 0.25) is 5.91 Å². The molecule has 0 spiro atoms. The lowest BCUT2D eigenvalue weighted by Gasteiger charge is -2.05. The van der Waals surface area contributed by atoms with Crippen molar-refractivity contribution in [2.24, 2.45) is 0 Å². The molecule has 0 saturated carbocycles. The van der Waals surface area contributed by atoms with Gasteiger partial charge in [-0.3, -0.25) is 4.79 Å². The van der Waals surface area contributed by atoms with Crippen molar-refractivity contribution in [3.8, 4) is 0 Å². The van der Waals surface area contributed by atoms with Crippen molar-refractivity contribution < 1.29 is 14.7 Å². The minimum atomic E-state index is -1.36. The van der Waals surface area contributed by atoms with E-state index >= 15 is 0 Å². The summed E-state index contributed by atoms with van der Waals surface area (Å²) in [6.07, 6.45) is 0. The number of carbonyl (C=O) groups is 2. The summed E-state index contributed by atoms with van der Waals surface area (Å²) in [7, 11) is 0. The largest absolute Gasteiger partial charge is 0.476 e. The Morgan fingerprint density at radius 1 is 1.27 bits per heavy atom. The van der Waals surface area contributed by atoms with E-state index in [-0.39, 0.29) is 16.1 Å². The molecule has 0 bridgehead atoms. The number of carboxylic acid groups (broad SMARTS) is 1. The van der Waals surface area contributed by atoms with E-state index in [9.17, 15) is 9.59 Å². The maximum atomic E-state index is 10.7. The van der Waals surface area contributed by atoms with Crippen LogP contribution in [0, 0.1) is 0 Å². The molecule has 0 radical (unpaired) electrons. The summed E-state index contributed by atoms with van der Waals surface area (Å²) >= 11 is 11.0. The molecule has 1 aromatic heterocycles. The SMILES string of the molecule is CC(=O)Nc1nc(Cl)c(Cl)nc1C(=O)O. The van der Waals surface area contributed by atoms with E-state index in [1.54, 1.807) is 0 Å². The van der Waals surface area contributed by atoms with Crippen LogP contribution in [0.2, 0.25) is 10.3 Å². The van der Waals surface area contributed by atoms with Crippen molar-refractivity contribution in [3.05, 3.63) is 16.0 Å². The number of rotatable bonds is 2. The Bertz CT molecular complexity index is 436. The number of anilines is 1. The number of carbonyl (C=O) groups excluding carboxylic acids is 1. The fourth-order valence-corrected chi connectivity index (χ4v) is 1.05. The Kier molecular flexibility index (Phi) is 3.43. The van der Waals surface area contributed by atoms with Crippen LogP contribution in [0.3, 0.4) is 0 Å². The van der Waals surface area contributed by atoms with Crippen molar-refractivity contribution in [1.29, 1.82) is 0 Å². The highest BCUT2D eigenvalue weighted by atomic mass is 35.5. The molecular formula is C7H5Cl2N3O3. The van der Waals surface area contributed by atoms with Gasteiger partial charge in [0.25, 0.3) is 0 Å². The second-order valence-electron chi connectivity index (χ2n) is 2.49. The highest BCUT2D eigenvalue weighted by Gasteiger charge is 2.17. The first-order valence-electron chi connectivity index (χ1n) is 3.65. The van der Waals surface area contributed by atoms with Crippen LogP contribution in [0.5, 0.6) is 0 Å². The monoisotopic (exact) mass is 249 g/mol. The van der Waals surface area contributed by atoms with Crippen molar-refractivity contribution in [1.82, 2.24) is 9.97 Å². The fraction of sp³-hybridized carbons (Fsp3) is 0.143. The molecule has 1 rings (SSSR count). The standard InChI is InChI=1S/C7H5Cl2N3O3/c1-2(13)10-6-3(7(14)15)11-4(8)5(9)12-6/h1H3,(H,14,15)(H,10,12,13). The summed E-state index contributed by atoms with van der Waals surface area (Å²) in [5.41, 5.74) is -0.459. The second kappa shape index (κ2) is 4.41. The van der Waals surface area contributed by atoms with Gasteiger partial charge in [-0.1, -0.05) is 23.2 Å². The molecule has 0 aliphatic carbocycles. The van der Waals surface area contributed by atoms with Crippen LogP contribution in [0.4, 0.5) is 5.82 Å². The van der Waals surface area contributed by atoms with Gasteiger partial charge in [-0.25, -0.2) is 14.8 Å². The summed E-state index contributed by atoms with van der Waals surface area (Å²) in [5, 5.41) is 10.5. The summed E-state index contributed by atoms with van der Waals surface area (Å²) in [6, 6.07) is 0. The first-order valence-corrected chi connectivity index (χ1v) is 4.41. The Balaban J connectivity index is 3.28. The number of aromatic carboxylic acids is 1. The maximum Gasteiger partial charge on any atom is 0.358 e. The van der Waals surface area contributed by atoms with E-state index in [0.29, 0.717) is 0 Å². The topological polar surface area (TPSA) is 92.2 Å². The van der Waals surface area contributed by atoms with Gasteiger partial charge in [0.05, 0.1) is 0 Å². The van der Waals surface area contributed by atoms with Crippen LogP contribution in [-0.2, 0) is 4.79 Å². The van der Waals surface area contributed by atoms with Crippen LogP contribution >= 0.6 is 23.2 Å².